The second-order valence-electron chi connectivity index (χ2n) is 3.29. The second-order valence-corrected chi connectivity index (χ2v) is 3.29. The fraction of sp³-hybridized carbons (Fsp3) is 0.300. The van der Waals surface area contributed by atoms with Gasteiger partial charge in [-0.1, -0.05) is 0 Å². The van der Waals surface area contributed by atoms with Crippen LogP contribution in [0.4, 0.5) is 0 Å². The molecule has 0 saturated heterocycles. The van der Waals surface area contributed by atoms with Gasteiger partial charge in [-0.3, -0.25) is 0 Å². The van der Waals surface area contributed by atoms with Crippen LogP contribution in [0.3, 0.4) is 0 Å². The van der Waals surface area contributed by atoms with E-state index in [1.807, 2.05) is 6.07 Å². The van der Waals surface area contributed by atoms with Gasteiger partial charge in [0.05, 0.1) is 5.56 Å². The Morgan fingerprint density at radius 2 is 2.07 bits per heavy atom. The molecule has 0 saturated carbocycles. The van der Waals surface area contributed by atoms with Crippen molar-refractivity contribution in [2.75, 3.05) is 0 Å². The van der Waals surface area contributed by atoms with Gasteiger partial charge in [-0.25, -0.2) is 0 Å². The third kappa shape index (κ3) is 2.15. The highest BCUT2D eigenvalue weighted by Gasteiger charge is 2.09. The summed E-state index contributed by atoms with van der Waals surface area (Å²) in [5.74, 6) is -0.239. The lowest BCUT2D eigenvalue weighted by Crippen LogP contribution is -2.17. The predicted molar refractivity (Wildman–Crippen MR) is 51.8 cm³/mol. The molecular weight excluding hydrogens is 180 g/mol. The van der Waals surface area contributed by atoms with Crippen molar-refractivity contribution in [2.24, 2.45) is 5.73 Å². The first-order chi connectivity index (χ1) is 6.54. The first-order valence-corrected chi connectivity index (χ1v) is 4.25. The normalized spacial score (nSPS) is 12.1. The van der Waals surface area contributed by atoms with Crippen LogP contribution < -0.4 is 5.73 Å². The predicted octanol–water partition coefficient (Wildman–Crippen LogP) is 0.859. The molecule has 74 valence electrons. The van der Waals surface area contributed by atoms with E-state index in [2.05, 4.69) is 0 Å². The molecule has 14 heavy (non-hydrogen) atoms. The number of nitrogens with zero attached hydrogens (tertiary/aromatic N) is 1. The molecule has 4 heteroatoms. The Kier molecular flexibility index (Phi) is 2.95. The molecule has 0 aromatic heterocycles. The SMILES string of the molecule is CC(N)Cc1cc(C#N)c(O)cc1O. The zero-order chi connectivity index (χ0) is 10.7. The highest BCUT2D eigenvalue weighted by atomic mass is 16.3. The molecule has 4 nitrogen and oxygen atoms in total. The van der Waals surface area contributed by atoms with Crippen molar-refractivity contribution in [2.45, 2.75) is 19.4 Å². The first kappa shape index (κ1) is 10.4. The quantitative estimate of drug-likeness (QED) is 0.648. The molecule has 1 aromatic carbocycles. The van der Waals surface area contributed by atoms with E-state index in [0.717, 1.165) is 6.07 Å². The van der Waals surface area contributed by atoms with E-state index < -0.39 is 0 Å². The van der Waals surface area contributed by atoms with Gasteiger partial charge in [0.1, 0.15) is 17.6 Å². The molecule has 1 rings (SSSR count). The minimum atomic E-state index is -0.210. The molecule has 0 aliphatic heterocycles. The molecule has 1 unspecified atom stereocenters. The number of rotatable bonds is 2. The van der Waals surface area contributed by atoms with Crippen LogP contribution in [0.1, 0.15) is 18.1 Å². The molecule has 0 spiro atoms. The van der Waals surface area contributed by atoms with Crippen LogP contribution in [0.25, 0.3) is 0 Å². The fourth-order valence-corrected chi connectivity index (χ4v) is 1.22. The number of aromatic hydroxyl groups is 2. The van der Waals surface area contributed by atoms with Gasteiger partial charge in [0, 0.05) is 12.1 Å². The van der Waals surface area contributed by atoms with E-state index in [4.69, 9.17) is 11.0 Å². The first-order valence-electron chi connectivity index (χ1n) is 4.25. The smallest absolute Gasteiger partial charge is 0.137 e. The van der Waals surface area contributed by atoms with Gasteiger partial charge < -0.3 is 15.9 Å². The van der Waals surface area contributed by atoms with E-state index in [9.17, 15) is 10.2 Å². The fourth-order valence-electron chi connectivity index (χ4n) is 1.22. The van der Waals surface area contributed by atoms with E-state index in [0.29, 0.717) is 12.0 Å². The van der Waals surface area contributed by atoms with Crippen molar-refractivity contribution in [3.63, 3.8) is 0 Å². The maximum absolute atomic E-state index is 9.44. The number of phenols is 2. The molecule has 0 heterocycles. The number of benzene rings is 1. The van der Waals surface area contributed by atoms with Crippen molar-refractivity contribution in [1.29, 1.82) is 5.26 Å². The maximum Gasteiger partial charge on any atom is 0.137 e. The number of hydrogen-bond donors (Lipinski definition) is 3. The van der Waals surface area contributed by atoms with Crippen molar-refractivity contribution in [3.8, 4) is 17.6 Å². The Morgan fingerprint density at radius 1 is 1.43 bits per heavy atom. The molecule has 0 amide bonds. The maximum atomic E-state index is 9.44. The number of hydrogen-bond acceptors (Lipinski definition) is 4. The molecule has 0 bridgehead atoms. The summed E-state index contributed by atoms with van der Waals surface area (Å²) in [6.45, 7) is 1.80. The molecule has 0 radical (unpaired) electrons. The Bertz CT molecular complexity index is 380. The van der Waals surface area contributed by atoms with Gasteiger partial charge in [0.2, 0.25) is 0 Å². The minimum Gasteiger partial charge on any atom is -0.508 e. The molecule has 0 fully saturated rings. The van der Waals surface area contributed by atoms with Crippen LogP contribution >= 0.6 is 0 Å². The van der Waals surface area contributed by atoms with Crippen LogP contribution in [-0.4, -0.2) is 16.3 Å². The molecular formula is C10H12N2O2. The summed E-state index contributed by atoms with van der Waals surface area (Å²) in [6, 6.07) is 4.35. The van der Waals surface area contributed by atoms with Crippen LogP contribution in [0, 0.1) is 11.3 Å². The summed E-state index contributed by atoms with van der Waals surface area (Å²) in [6.07, 6.45) is 0.473. The van der Waals surface area contributed by atoms with E-state index >= 15 is 0 Å². The number of phenolic OH excluding ortho intramolecular Hbond substituents is 2. The van der Waals surface area contributed by atoms with Gasteiger partial charge in [0.25, 0.3) is 0 Å². The summed E-state index contributed by atoms with van der Waals surface area (Å²) >= 11 is 0. The van der Waals surface area contributed by atoms with Gasteiger partial charge in [0.15, 0.2) is 0 Å². The van der Waals surface area contributed by atoms with Crippen LogP contribution in [0.5, 0.6) is 11.5 Å². The zero-order valence-electron chi connectivity index (χ0n) is 7.86. The average Bonchev–Trinajstić information content (AvgIpc) is 2.09. The summed E-state index contributed by atoms with van der Waals surface area (Å²) in [4.78, 5) is 0. The Labute approximate surface area is 82.2 Å². The van der Waals surface area contributed by atoms with E-state index in [-0.39, 0.29) is 23.1 Å². The minimum absolute atomic E-state index is 0.0289. The standard InChI is InChI=1S/C10H12N2O2/c1-6(12)2-7-3-8(5-11)10(14)4-9(7)13/h3-4,6,13-14H,2,12H2,1H3. The number of nitriles is 1. The van der Waals surface area contributed by atoms with Crippen molar-refractivity contribution in [1.82, 2.24) is 0 Å². The summed E-state index contributed by atoms with van der Waals surface area (Å²) < 4.78 is 0. The Balaban J connectivity index is 3.12. The highest BCUT2D eigenvalue weighted by molar-refractivity contribution is 5.50. The lowest BCUT2D eigenvalue weighted by Gasteiger charge is -2.08. The topological polar surface area (TPSA) is 90.3 Å². The molecule has 1 aromatic rings. The Morgan fingerprint density at radius 3 is 2.57 bits per heavy atom. The van der Waals surface area contributed by atoms with Crippen LogP contribution in [0.15, 0.2) is 12.1 Å². The lowest BCUT2D eigenvalue weighted by molar-refractivity contribution is 0.443. The molecule has 0 aliphatic carbocycles. The van der Waals surface area contributed by atoms with Crippen molar-refractivity contribution >= 4 is 0 Å². The van der Waals surface area contributed by atoms with E-state index in [1.54, 1.807) is 6.92 Å². The number of nitrogens with two attached hydrogens (primary N) is 1. The summed E-state index contributed by atoms with van der Waals surface area (Å²) in [5, 5.41) is 27.3. The van der Waals surface area contributed by atoms with Gasteiger partial charge in [-0.2, -0.15) is 5.26 Å². The Hall–Kier alpha value is -1.73. The molecule has 0 aliphatic rings. The molecule has 4 N–H and O–H groups in total. The summed E-state index contributed by atoms with van der Waals surface area (Å²) in [5.41, 5.74) is 6.30. The van der Waals surface area contributed by atoms with E-state index in [1.165, 1.54) is 6.07 Å². The van der Waals surface area contributed by atoms with Gasteiger partial charge in [-0.15, -0.1) is 0 Å². The van der Waals surface area contributed by atoms with Crippen molar-refractivity contribution < 1.29 is 10.2 Å². The second kappa shape index (κ2) is 3.99. The average molecular weight is 192 g/mol. The van der Waals surface area contributed by atoms with Gasteiger partial charge >= 0.3 is 0 Å². The largest absolute Gasteiger partial charge is 0.508 e. The van der Waals surface area contributed by atoms with Crippen molar-refractivity contribution in [3.05, 3.63) is 23.3 Å². The zero-order valence-corrected chi connectivity index (χ0v) is 7.86. The van der Waals surface area contributed by atoms with Crippen LogP contribution in [-0.2, 0) is 6.42 Å². The third-order valence-electron chi connectivity index (χ3n) is 1.86. The third-order valence-corrected chi connectivity index (χ3v) is 1.86. The monoisotopic (exact) mass is 192 g/mol. The van der Waals surface area contributed by atoms with Crippen LogP contribution in [0.2, 0.25) is 0 Å². The van der Waals surface area contributed by atoms with Gasteiger partial charge in [-0.05, 0) is 25.0 Å². The lowest BCUT2D eigenvalue weighted by atomic mass is 10.0. The molecule has 1 atom stereocenters. The summed E-state index contributed by atoms with van der Waals surface area (Å²) in [7, 11) is 0. The highest BCUT2D eigenvalue weighted by Crippen LogP contribution is 2.27.